The van der Waals surface area contributed by atoms with E-state index in [4.69, 9.17) is 0 Å². The van der Waals surface area contributed by atoms with Crippen molar-refractivity contribution in [3.63, 3.8) is 0 Å². The van der Waals surface area contributed by atoms with E-state index >= 15 is 0 Å². The molecule has 3 nitrogen and oxygen atoms in total. The fourth-order valence-electron chi connectivity index (χ4n) is 0. The van der Waals surface area contributed by atoms with Crippen LogP contribution in [0.25, 0.3) is 0 Å². The van der Waals surface area contributed by atoms with Crippen LogP contribution in [0.4, 0.5) is 0 Å². The second kappa shape index (κ2) is 93.1. The minimum absolute atomic E-state index is 0. The molecule has 0 spiro atoms. The van der Waals surface area contributed by atoms with Crippen molar-refractivity contribution >= 4 is 0 Å². The first-order valence-corrected chi connectivity index (χ1v) is 0. The molecule has 0 N–H and O–H groups in total. The van der Waals surface area contributed by atoms with E-state index in [0.29, 0.717) is 0 Å². The average molecular weight is 225 g/mol. The fraction of sp³-hybridized carbons (Fsp3) is 0. The molecule has 6 heteroatoms. The SMILES string of the molecule is [Co+2].[Cu+2].[Mn+2].[O-2].[O-2].[O-2]. The topological polar surface area (TPSA) is 85.5 Å². The van der Waals surface area contributed by atoms with Crippen molar-refractivity contribution < 1.29 is 67.3 Å². The van der Waals surface area contributed by atoms with Crippen molar-refractivity contribution in [2.45, 2.75) is 0 Å². The van der Waals surface area contributed by atoms with Gasteiger partial charge in [-0.3, -0.25) is 0 Å². The van der Waals surface area contributed by atoms with Gasteiger partial charge in [0.05, 0.1) is 0 Å². The van der Waals surface area contributed by atoms with E-state index < -0.39 is 0 Å². The monoisotopic (exact) mass is 225 g/mol. The Kier molecular flexibility index (Phi) is 2340. The summed E-state index contributed by atoms with van der Waals surface area (Å²) in [5.41, 5.74) is 0. The maximum atomic E-state index is 0. The Morgan fingerprint density at radius 3 is 0.667 bits per heavy atom. The molecule has 0 saturated heterocycles. The first kappa shape index (κ1) is 151. The van der Waals surface area contributed by atoms with E-state index in [0.717, 1.165) is 0 Å². The van der Waals surface area contributed by atoms with Crippen molar-refractivity contribution in [2.75, 3.05) is 0 Å². The first-order valence-electron chi connectivity index (χ1n) is 0. The summed E-state index contributed by atoms with van der Waals surface area (Å²) < 4.78 is 0. The van der Waals surface area contributed by atoms with E-state index in [1.165, 1.54) is 0 Å². The molecule has 45 valence electrons. The van der Waals surface area contributed by atoms with Crippen LogP contribution in [0.3, 0.4) is 0 Å². The molecule has 0 unspecified atom stereocenters. The van der Waals surface area contributed by atoms with Gasteiger partial charge < -0.3 is 16.4 Å². The summed E-state index contributed by atoms with van der Waals surface area (Å²) in [6.07, 6.45) is 0. The van der Waals surface area contributed by atoms with Crippen LogP contribution in [0.2, 0.25) is 0 Å². The van der Waals surface area contributed by atoms with Gasteiger partial charge in [0.15, 0.2) is 0 Å². The smallest absolute Gasteiger partial charge is 2.00 e. The van der Waals surface area contributed by atoms with E-state index in [-0.39, 0.29) is 67.3 Å². The second-order valence-electron chi connectivity index (χ2n) is 0. The van der Waals surface area contributed by atoms with Crippen LogP contribution in [0.15, 0.2) is 0 Å². The molecule has 0 aliphatic rings. The van der Waals surface area contributed by atoms with Gasteiger partial charge in [0.2, 0.25) is 0 Å². The maximum Gasteiger partial charge on any atom is 2.00 e. The van der Waals surface area contributed by atoms with Crippen LogP contribution < -0.4 is 0 Å². The van der Waals surface area contributed by atoms with Crippen molar-refractivity contribution in [1.29, 1.82) is 0 Å². The summed E-state index contributed by atoms with van der Waals surface area (Å²) in [5.74, 6) is 0. The predicted molar refractivity (Wildman–Crippen MR) is 2.06 cm³/mol. The van der Waals surface area contributed by atoms with Crippen molar-refractivity contribution in [1.82, 2.24) is 0 Å². The summed E-state index contributed by atoms with van der Waals surface area (Å²) in [6.45, 7) is 0. The molecule has 0 aromatic carbocycles. The summed E-state index contributed by atoms with van der Waals surface area (Å²) in [7, 11) is 0. The number of hydrogen-bond acceptors (Lipinski definition) is 0. The Balaban J connectivity index is 0. The normalized spacial score (nSPS) is 0. The molecule has 0 aliphatic heterocycles. The minimum Gasteiger partial charge on any atom is -2.00 e. The predicted octanol–water partition coefficient (Wildman–Crippen LogP) is -0.364. The third kappa shape index (κ3) is 52.3. The van der Waals surface area contributed by atoms with Gasteiger partial charge in [-0.05, 0) is 0 Å². The van der Waals surface area contributed by atoms with Gasteiger partial charge in [-0.1, -0.05) is 0 Å². The van der Waals surface area contributed by atoms with Gasteiger partial charge in [0, 0.05) is 0 Å². The Morgan fingerprint density at radius 1 is 0.667 bits per heavy atom. The van der Waals surface area contributed by atoms with Crippen LogP contribution in [0.1, 0.15) is 0 Å². The Hall–Kier alpha value is 1.43. The summed E-state index contributed by atoms with van der Waals surface area (Å²) in [5, 5.41) is 0. The molecule has 0 amide bonds. The minimum atomic E-state index is 0. The molecule has 0 saturated carbocycles. The molecule has 0 aliphatic carbocycles. The summed E-state index contributed by atoms with van der Waals surface area (Å²) >= 11 is 0. The number of hydrogen-bond donors (Lipinski definition) is 0. The Bertz CT molecular complexity index is 10.8. The van der Waals surface area contributed by atoms with Gasteiger partial charge in [-0.25, -0.2) is 0 Å². The molecule has 0 rings (SSSR count). The van der Waals surface area contributed by atoms with Gasteiger partial charge in [0.25, 0.3) is 0 Å². The van der Waals surface area contributed by atoms with Gasteiger partial charge in [-0.2, -0.15) is 0 Å². The molecule has 6 heavy (non-hydrogen) atoms. The Morgan fingerprint density at radius 2 is 0.667 bits per heavy atom. The van der Waals surface area contributed by atoms with Crippen molar-refractivity contribution in [3.8, 4) is 0 Å². The molecule has 0 aromatic heterocycles. The van der Waals surface area contributed by atoms with Crippen LogP contribution in [-0.2, 0) is 67.3 Å². The summed E-state index contributed by atoms with van der Waals surface area (Å²) in [4.78, 5) is 0. The molecule has 0 bridgehead atoms. The van der Waals surface area contributed by atoms with E-state index in [1.54, 1.807) is 0 Å². The second-order valence-corrected chi connectivity index (χ2v) is 0. The van der Waals surface area contributed by atoms with Gasteiger partial charge >= 0.3 is 50.9 Å². The van der Waals surface area contributed by atoms with Crippen LogP contribution in [0.5, 0.6) is 0 Å². The first-order chi connectivity index (χ1) is 0. The van der Waals surface area contributed by atoms with E-state index in [9.17, 15) is 0 Å². The summed E-state index contributed by atoms with van der Waals surface area (Å²) in [6, 6.07) is 0. The third-order valence-corrected chi connectivity index (χ3v) is 0. The largest absolute Gasteiger partial charge is 2.00 e. The van der Waals surface area contributed by atoms with Crippen molar-refractivity contribution in [3.05, 3.63) is 0 Å². The molecule has 0 atom stereocenters. The zero-order valence-corrected chi connectivity index (χ0v) is 5.40. The molecule has 0 fully saturated rings. The molecular weight excluding hydrogens is 225 g/mol. The fourth-order valence-corrected chi connectivity index (χ4v) is 0. The zero-order chi connectivity index (χ0) is 0. The zero-order valence-electron chi connectivity index (χ0n) is 2.24. The third-order valence-electron chi connectivity index (χ3n) is 0. The quantitative estimate of drug-likeness (QED) is 0.504. The standard InChI is InChI=1S/Co.Cu.Mn.3O/q3*+2;3*-2. The number of rotatable bonds is 0. The maximum absolute atomic E-state index is 0. The molecule has 3 radical (unpaired) electrons. The van der Waals surface area contributed by atoms with Crippen molar-refractivity contribution in [2.24, 2.45) is 0 Å². The van der Waals surface area contributed by atoms with Crippen LogP contribution >= 0.6 is 0 Å². The average Bonchev–Trinajstić information content (AvgIpc) is 0. The van der Waals surface area contributed by atoms with E-state index in [2.05, 4.69) is 0 Å². The van der Waals surface area contributed by atoms with Crippen LogP contribution in [-0.4, -0.2) is 0 Å². The van der Waals surface area contributed by atoms with Gasteiger partial charge in [-0.15, -0.1) is 0 Å². The van der Waals surface area contributed by atoms with E-state index in [1.807, 2.05) is 0 Å². The Labute approximate surface area is 67.3 Å². The molecular formula is CoCuMnO3. The van der Waals surface area contributed by atoms with Crippen LogP contribution in [0, 0.1) is 0 Å². The molecule has 0 heterocycles. The molecule has 0 aromatic rings. The van der Waals surface area contributed by atoms with Gasteiger partial charge in [0.1, 0.15) is 0 Å².